The molecule has 156 valence electrons. The molecule has 4 heterocycles. The Morgan fingerprint density at radius 2 is 2.10 bits per heavy atom. The number of benzene rings is 1. The molecule has 3 aromatic heterocycles. The smallest absolute Gasteiger partial charge is 0.155 e. The molecule has 0 bridgehead atoms. The van der Waals surface area contributed by atoms with Gasteiger partial charge in [-0.25, -0.2) is 14.5 Å². The molecule has 0 aliphatic carbocycles. The molecule has 3 N–H and O–H groups in total. The second-order valence-electron chi connectivity index (χ2n) is 7.24. The summed E-state index contributed by atoms with van der Waals surface area (Å²) in [6, 6.07) is 9.64. The first-order valence-electron chi connectivity index (χ1n) is 9.80. The molecule has 1 atom stereocenters. The number of hydrogen-bond acceptors (Lipinski definition) is 5. The Labute approximate surface area is 188 Å². The highest BCUT2D eigenvalue weighted by Crippen LogP contribution is 2.31. The summed E-state index contributed by atoms with van der Waals surface area (Å²) in [6.07, 6.45) is 9.65. The van der Waals surface area contributed by atoms with Crippen LogP contribution in [0.4, 0.5) is 5.69 Å². The summed E-state index contributed by atoms with van der Waals surface area (Å²) in [5.41, 5.74) is 5.18. The van der Waals surface area contributed by atoms with Crippen LogP contribution >= 0.6 is 23.2 Å². The van der Waals surface area contributed by atoms with Gasteiger partial charge in [-0.3, -0.25) is 0 Å². The SMILES string of the molecule is CC1C=CC=C(c2[nH]c(CNc3cccc(Cl)c3Cl)nc2-c2ccc3ncnn3c2)N1. The zero-order valence-electron chi connectivity index (χ0n) is 16.6. The van der Waals surface area contributed by atoms with E-state index in [9.17, 15) is 0 Å². The minimum atomic E-state index is 0.223. The van der Waals surface area contributed by atoms with Gasteiger partial charge in [0.25, 0.3) is 0 Å². The molecule has 1 aliphatic rings. The van der Waals surface area contributed by atoms with E-state index >= 15 is 0 Å². The fraction of sp³-hybridized carbons (Fsp3) is 0.136. The van der Waals surface area contributed by atoms with Gasteiger partial charge in [-0.15, -0.1) is 0 Å². The van der Waals surface area contributed by atoms with Gasteiger partial charge in [-0.05, 0) is 37.3 Å². The van der Waals surface area contributed by atoms with Crippen LogP contribution < -0.4 is 10.6 Å². The van der Waals surface area contributed by atoms with Gasteiger partial charge in [-0.1, -0.05) is 41.4 Å². The van der Waals surface area contributed by atoms with Gasteiger partial charge >= 0.3 is 0 Å². The summed E-state index contributed by atoms with van der Waals surface area (Å²) >= 11 is 12.4. The predicted molar refractivity (Wildman–Crippen MR) is 124 cm³/mol. The molecule has 1 aliphatic heterocycles. The molecule has 0 spiro atoms. The number of dihydropyridines is 1. The topological polar surface area (TPSA) is 82.9 Å². The van der Waals surface area contributed by atoms with E-state index in [1.54, 1.807) is 10.6 Å². The lowest BCUT2D eigenvalue weighted by molar-refractivity contribution is 0.775. The molecule has 0 fully saturated rings. The van der Waals surface area contributed by atoms with E-state index in [1.807, 2.05) is 42.6 Å². The minimum absolute atomic E-state index is 0.223. The summed E-state index contributed by atoms with van der Waals surface area (Å²) < 4.78 is 1.74. The number of imidazole rings is 1. The van der Waals surface area contributed by atoms with Crippen LogP contribution in [0.2, 0.25) is 10.0 Å². The molecular weight excluding hydrogens is 433 g/mol. The number of hydrogen-bond donors (Lipinski definition) is 3. The number of rotatable bonds is 5. The number of pyridine rings is 1. The van der Waals surface area contributed by atoms with Gasteiger partial charge in [0.2, 0.25) is 0 Å². The van der Waals surface area contributed by atoms with Gasteiger partial charge in [0.15, 0.2) is 5.65 Å². The van der Waals surface area contributed by atoms with Crippen LogP contribution in [0.1, 0.15) is 18.4 Å². The molecule has 4 aromatic rings. The molecule has 7 nitrogen and oxygen atoms in total. The largest absolute Gasteiger partial charge is 0.377 e. The Balaban J connectivity index is 1.52. The van der Waals surface area contributed by atoms with Crippen molar-refractivity contribution in [2.24, 2.45) is 0 Å². The maximum atomic E-state index is 6.31. The molecule has 0 saturated carbocycles. The number of H-pyrrole nitrogens is 1. The first kappa shape index (κ1) is 19.7. The summed E-state index contributed by atoms with van der Waals surface area (Å²) in [5, 5.41) is 12.0. The van der Waals surface area contributed by atoms with Crippen molar-refractivity contribution >= 4 is 40.2 Å². The number of nitrogens with one attached hydrogen (secondary N) is 3. The third-order valence-corrected chi connectivity index (χ3v) is 5.83. The quantitative estimate of drug-likeness (QED) is 0.400. The van der Waals surface area contributed by atoms with Crippen molar-refractivity contribution in [2.45, 2.75) is 19.5 Å². The highest BCUT2D eigenvalue weighted by Gasteiger charge is 2.19. The van der Waals surface area contributed by atoms with Crippen LogP contribution in [-0.2, 0) is 6.54 Å². The first-order valence-corrected chi connectivity index (χ1v) is 10.6. The van der Waals surface area contributed by atoms with E-state index in [-0.39, 0.29) is 6.04 Å². The Kier molecular flexibility index (Phi) is 5.13. The standard InChI is InChI=1S/C22H19Cl2N7/c1-13-4-2-7-17(28-13)22-21(14-8-9-19-26-12-27-31(19)11-14)29-18(30-22)10-25-16-6-3-5-15(23)20(16)24/h2-9,11-13,25,28H,10H2,1H3,(H,29,30). The zero-order valence-corrected chi connectivity index (χ0v) is 18.1. The molecule has 0 radical (unpaired) electrons. The minimum Gasteiger partial charge on any atom is -0.377 e. The second kappa shape index (κ2) is 8.09. The molecule has 1 aromatic carbocycles. The number of fused-ring (bicyclic) bond motifs is 1. The Morgan fingerprint density at radius 1 is 1.19 bits per heavy atom. The molecule has 5 rings (SSSR count). The molecule has 9 heteroatoms. The lowest BCUT2D eigenvalue weighted by atomic mass is 10.1. The molecule has 0 amide bonds. The van der Waals surface area contributed by atoms with Crippen LogP contribution in [-0.4, -0.2) is 30.6 Å². The van der Waals surface area contributed by atoms with E-state index in [2.05, 4.69) is 38.7 Å². The van der Waals surface area contributed by atoms with Gasteiger partial charge in [0, 0.05) is 17.8 Å². The van der Waals surface area contributed by atoms with E-state index in [0.29, 0.717) is 16.6 Å². The summed E-state index contributed by atoms with van der Waals surface area (Å²) in [6.45, 7) is 2.56. The third kappa shape index (κ3) is 3.89. The molecular formula is C22H19Cl2N7. The van der Waals surface area contributed by atoms with Crippen LogP contribution in [0.3, 0.4) is 0 Å². The van der Waals surface area contributed by atoms with Crippen molar-refractivity contribution in [1.29, 1.82) is 0 Å². The van der Waals surface area contributed by atoms with Gasteiger partial charge in [-0.2, -0.15) is 5.10 Å². The average molecular weight is 452 g/mol. The number of allylic oxidation sites excluding steroid dienone is 2. The van der Waals surface area contributed by atoms with E-state index in [4.69, 9.17) is 28.2 Å². The normalized spacial score (nSPS) is 15.7. The lowest BCUT2D eigenvalue weighted by Crippen LogP contribution is -2.24. The molecule has 1 unspecified atom stereocenters. The second-order valence-corrected chi connectivity index (χ2v) is 8.03. The third-order valence-electron chi connectivity index (χ3n) is 5.01. The number of aromatic amines is 1. The monoisotopic (exact) mass is 451 g/mol. The number of nitrogens with zero attached hydrogens (tertiary/aromatic N) is 4. The van der Waals surface area contributed by atoms with Gasteiger partial charge in [0.1, 0.15) is 12.2 Å². The predicted octanol–water partition coefficient (Wildman–Crippen LogP) is 4.93. The van der Waals surface area contributed by atoms with Crippen molar-refractivity contribution in [3.05, 3.63) is 82.6 Å². The van der Waals surface area contributed by atoms with Crippen molar-refractivity contribution in [1.82, 2.24) is 29.9 Å². The van der Waals surface area contributed by atoms with Crippen molar-refractivity contribution < 1.29 is 0 Å². The fourth-order valence-electron chi connectivity index (χ4n) is 3.50. The summed E-state index contributed by atoms with van der Waals surface area (Å²) in [5.74, 6) is 0.768. The van der Waals surface area contributed by atoms with Gasteiger partial charge in [0.05, 0.1) is 39.4 Å². The first-order chi connectivity index (χ1) is 15.1. The average Bonchev–Trinajstić information content (AvgIpc) is 3.41. The molecule has 31 heavy (non-hydrogen) atoms. The number of anilines is 1. The number of aromatic nitrogens is 5. The van der Waals surface area contributed by atoms with Crippen LogP contribution in [0.25, 0.3) is 22.6 Å². The van der Waals surface area contributed by atoms with Crippen molar-refractivity contribution in [3.63, 3.8) is 0 Å². The maximum Gasteiger partial charge on any atom is 0.155 e. The maximum absolute atomic E-state index is 6.31. The number of halogens is 2. The van der Waals surface area contributed by atoms with Crippen LogP contribution in [0.15, 0.2) is 61.1 Å². The van der Waals surface area contributed by atoms with Crippen LogP contribution in [0, 0.1) is 0 Å². The van der Waals surface area contributed by atoms with E-state index in [0.717, 1.165) is 39.8 Å². The highest BCUT2D eigenvalue weighted by atomic mass is 35.5. The van der Waals surface area contributed by atoms with E-state index < -0.39 is 0 Å². The Morgan fingerprint density at radius 3 is 2.97 bits per heavy atom. The van der Waals surface area contributed by atoms with Crippen molar-refractivity contribution in [2.75, 3.05) is 5.32 Å². The van der Waals surface area contributed by atoms with Crippen molar-refractivity contribution in [3.8, 4) is 11.3 Å². The highest BCUT2D eigenvalue weighted by molar-refractivity contribution is 6.43. The fourth-order valence-corrected chi connectivity index (χ4v) is 3.87. The lowest BCUT2D eigenvalue weighted by Gasteiger charge is -2.18. The van der Waals surface area contributed by atoms with Gasteiger partial charge < -0.3 is 15.6 Å². The van der Waals surface area contributed by atoms with Crippen LogP contribution in [0.5, 0.6) is 0 Å². The van der Waals surface area contributed by atoms with E-state index in [1.165, 1.54) is 6.33 Å². The Bertz CT molecular complexity index is 1320. The Hall–Kier alpha value is -3.29. The summed E-state index contributed by atoms with van der Waals surface area (Å²) in [4.78, 5) is 12.6. The zero-order chi connectivity index (χ0) is 21.4. The molecule has 0 saturated heterocycles. The summed E-state index contributed by atoms with van der Waals surface area (Å²) in [7, 11) is 0.